The summed E-state index contributed by atoms with van der Waals surface area (Å²) in [6, 6.07) is 10.5. The summed E-state index contributed by atoms with van der Waals surface area (Å²) in [5.41, 5.74) is 3.63. The highest BCUT2D eigenvalue weighted by Crippen LogP contribution is 2.39. The molecular weight excluding hydrogens is 392 g/mol. The zero-order chi connectivity index (χ0) is 21.3. The van der Waals surface area contributed by atoms with Crippen molar-refractivity contribution in [2.75, 3.05) is 13.1 Å². The highest BCUT2D eigenvalue weighted by Gasteiger charge is 2.37. The summed E-state index contributed by atoms with van der Waals surface area (Å²) in [4.78, 5) is 31.9. The molecule has 1 aromatic heterocycles. The van der Waals surface area contributed by atoms with E-state index in [4.69, 9.17) is 0 Å². The molecule has 160 valence electrons. The topological polar surface area (TPSA) is 40.6 Å². The molecule has 5 heteroatoms. The van der Waals surface area contributed by atoms with Gasteiger partial charge in [-0.15, -0.1) is 11.3 Å². The zero-order valence-corrected chi connectivity index (χ0v) is 19.1. The fourth-order valence-electron chi connectivity index (χ4n) is 4.61. The molecule has 0 spiro atoms. The fraction of sp³-hybridized carbons (Fsp3) is 0.520. The van der Waals surface area contributed by atoms with E-state index < -0.39 is 0 Å². The lowest BCUT2D eigenvalue weighted by Crippen LogP contribution is -2.51. The van der Waals surface area contributed by atoms with E-state index in [0.29, 0.717) is 6.54 Å². The molecule has 2 heterocycles. The summed E-state index contributed by atoms with van der Waals surface area (Å²) >= 11 is 1.78. The number of benzene rings is 1. The van der Waals surface area contributed by atoms with Gasteiger partial charge < -0.3 is 9.80 Å². The van der Waals surface area contributed by atoms with Crippen molar-refractivity contribution in [3.05, 3.63) is 57.3 Å². The lowest BCUT2D eigenvalue weighted by Gasteiger charge is -2.40. The Morgan fingerprint density at radius 2 is 1.97 bits per heavy atom. The minimum atomic E-state index is -0.0636. The SMILES string of the molecule is CC[C@H](C)N(CC(=O)N1CCc2sccc2[C@@H]1c1ccccc1C)C(=O)C1CCC1. The number of amides is 2. The van der Waals surface area contributed by atoms with Crippen molar-refractivity contribution in [3.8, 4) is 0 Å². The van der Waals surface area contributed by atoms with Crippen LogP contribution >= 0.6 is 11.3 Å². The van der Waals surface area contributed by atoms with Crippen LogP contribution in [0.25, 0.3) is 0 Å². The first-order valence-electron chi connectivity index (χ1n) is 11.2. The molecule has 4 rings (SSSR count). The first-order valence-corrected chi connectivity index (χ1v) is 12.1. The molecule has 1 saturated carbocycles. The summed E-state index contributed by atoms with van der Waals surface area (Å²) in [7, 11) is 0. The Bertz CT molecular complexity index is 917. The summed E-state index contributed by atoms with van der Waals surface area (Å²) < 4.78 is 0. The first kappa shape index (κ1) is 21.1. The monoisotopic (exact) mass is 424 g/mol. The van der Waals surface area contributed by atoms with Crippen LogP contribution in [0.15, 0.2) is 35.7 Å². The van der Waals surface area contributed by atoms with Crippen LogP contribution in [-0.4, -0.2) is 40.7 Å². The van der Waals surface area contributed by atoms with E-state index in [9.17, 15) is 9.59 Å². The normalized spacial score (nSPS) is 19.7. The van der Waals surface area contributed by atoms with E-state index in [1.807, 2.05) is 15.9 Å². The Labute approximate surface area is 183 Å². The third-order valence-electron chi connectivity index (χ3n) is 6.94. The Kier molecular flexibility index (Phi) is 6.28. The number of nitrogens with zero attached hydrogens (tertiary/aromatic N) is 2. The van der Waals surface area contributed by atoms with Crippen LogP contribution in [0.3, 0.4) is 0 Å². The van der Waals surface area contributed by atoms with Gasteiger partial charge >= 0.3 is 0 Å². The van der Waals surface area contributed by atoms with Gasteiger partial charge in [0.25, 0.3) is 0 Å². The minimum absolute atomic E-state index is 0.0630. The van der Waals surface area contributed by atoms with Gasteiger partial charge in [0.05, 0.1) is 6.04 Å². The lowest BCUT2D eigenvalue weighted by molar-refractivity contribution is -0.147. The van der Waals surface area contributed by atoms with Crippen molar-refractivity contribution < 1.29 is 9.59 Å². The number of aryl methyl sites for hydroxylation is 1. The Morgan fingerprint density at radius 1 is 1.20 bits per heavy atom. The van der Waals surface area contributed by atoms with E-state index in [1.165, 1.54) is 21.6 Å². The highest BCUT2D eigenvalue weighted by molar-refractivity contribution is 7.10. The lowest BCUT2D eigenvalue weighted by atomic mass is 9.84. The number of carbonyl (C=O) groups is 2. The molecule has 2 atom stereocenters. The number of thiophene rings is 1. The average Bonchev–Trinajstić information content (AvgIpc) is 3.18. The van der Waals surface area contributed by atoms with Gasteiger partial charge in [-0.25, -0.2) is 0 Å². The third kappa shape index (κ3) is 3.92. The highest BCUT2D eigenvalue weighted by atomic mass is 32.1. The zero-order valence-electron chi connectivity index (χ0n) is 18.3. The summed E-state index contributed by atoms with van der Waals surface area (Å²) in [5, 5.41) is 2.13. The minimum Gasteiger partial charge on any atom is -0.330 e. The molecule has 1 aliphatic carbocycles. The van der Waals surface area contributed by atoms with Crippen molar-refractivity contribution in [2.24, 2.45) is 5.92 Å². The largest absolute Gasteiger partial charge is 0.330 e. The van der Waals surface area contributed by atoms with Crippen LogP contribution in [0.4, 0.5) is 0 Å². The van der Waals surface area contributed by atoms with E-state index in [0.717, 1.165) is 32.1 Å². The Balaban J connectivity index is 1.62. The van der Waals surface area contributed by atoms with Gasteiger partial charge in [-0.3, -0.25) is 9.59 Å². The molecule has 30 heavy (non-hydrogen) atoms. The molecule has 4 nitrogen and oxygen atoms in total. The third-order valence-corrected chi connectivity index (χ3v) is 7.93. The van der Waals surface area contributed by atoms with Gasteiger partial charge in [0, 0.05) is 23.4 Å². The van der Waals surface area contributed by atoms with Crippen molar-refractivity contribution >= 4 is 23.2 Å². The molecule has 0 radical (unpaired) electrons. The van der Waals surface area contributed by atoms with Gasteiger partial charge in [-0.2, -0.15) is 0 Å². The van der Waals surface area contributed by atoms with Crippen LogP contribution in [0.2, 0.25) is 0 Å². The van der Waals surface area contributed by atoms with E-state index >= 15 is 0 Å². The maximum atomic E-state index is 13.6. The van der Waals surface area contributed by atoms with Gasteiger partial charge in [-0.05, 0) is 67.7 Å². The number of carbonyl (C=O) groups excluding carboxylic acids is 2. The van der Waals surface area contributed by atoms with Crippen LogP contribution in [0.5, 0.6) is 0 Å². The smallest absolute Gasteiger partial charge is 0.243 e. The molecule has 2 aromatic rings. The van der Waals surface area contributed by atoms with Gasteiger partial charge in [0.2, 0.25) is 11.8 Å². The maximum Gasteiger partial charge on any atom is 0.243 e. The molecule has 1 aromatic carbocycles. The van der Waals surface area contributed by atoms with Gasteiger partial charge in [0.15, 0.2) is 0 Å². The van der Waals surface area contributed by atoms with Crippen LogP contribution in [-0.2, 0) is 16.0 Å². The van der Waals surface area contributed by atoms with Crippen LogP contribution in [0, 0.1) is 12.8 Å². The molecule has 2 aliphatic rings. The quantitative estimate of drug-likeness (QED) is 0.658. The fourth-order valence-corrected chi connectivity index (χ4v) is 5.52. The number of rotatable bonds is 6. The van der Waals surface area contributed by atoms with Gasteiger partial charge in [-0.1, -0.05) is 37.6 Å². The standard InChI is InChI=1S/C25H32N2O2S/c1-4-18(3)27(25(29)19-9-7-10-19)16-23(28)26-14-12-22-21(13-15-30-22)24(26)20-11-6-5-8-17(20)2/h5-6,8,11,13,15,18-19,24H,4,7,9-10,12,14,16H2,1-3H3/t18-,24-/m0/s1. The first-order chi connectivity index (χ1) is 14.5. The number of hydrogen-bond donors (Lipinski definition) is 0. The molecule has 0 saturated heterocycles. The number of fused-ring (bicyclic) bond motifs is 1. The van der Waals surface area contributed by atoms with Crippen molar-refractivity contribution in [1.29, 1.82) is 0 Å². The predicted octanol–water partition coefficient (Wildman–Crippen LogP) is 4.96. The summed E-state index contributed by atoms with van der Waals surface area (Å²) in [5.74, 6) is 0.349. The Hall–Kier alpha value is -2.14. The summed E-state index contributed by atoms with van der Waals surface area (Å²) in [6.07, 6.45) is 4.81. The molecular formula is C25H32N2O2S. The second kappa shape index (κ2) is 8.93. The van der Waals surface area contributed by atoms with E-state index in [1.54, 1.807) is 11.3 Å². The van der Waals surface area contributed by atoms with E-state index in [2.05, 4.69) is 50.4 Å². The molecule has 0 unspecified atom stereocenters. The van der Waals surface area contributed by atoms with Crippen LogP contribution in [0.1, 0.15) is 67.1 Å². The van der Waals surface area contributed by atoms with Crippen molar-refractivity contribution in [1.82, 2.24) is 9.80 Å². The van der Waals surface area contributed by atoms with Crippen molar-refractivity contribution in [2.45, 2.75) is 65.0 Å². The summed E-state index contributed by atoms with van der Waals surface area (Å²) in [6.45, 7) is 7.16. The molecule has 2 amide bonds. The second-order valence-corrected chi connectivity index (χ2v) is 9.75. The molecule has 1 fully saturated rings. The predicted molar refractivity (Wildman–Crippen MR) is 122 cm³/mol. The molecule has 0 bridgehead atoms. The molecule has 0 N–H and O–H groups in total. The number of hydrogen-bond acceptors (Lipinski definition) is 3. The van der Waals surface area contributed by atoms with Crippen molar-refractivity contribution in [3.63, 3.8) is 0 Å². The Morgan fingerprint density at radius 3 is 2.63 bits per heavy atom. The molecule has 1 aliphatic heterocycles. The van der Waals surface area contributed by atoms with E-state index in [-0.39, 0.29) is 36.4 Å². The second-order valence-electron chi connectivity index (χ2n) is 8.75. The average molecular weight is 425 g/mol. The van der Waals surface area contributed by atoms with Crippen LogP contribution < -0.4 is 0 Å². The van der Waals surface area contributed by atoms with Gasteiger partial charge in [0.1, 0.15) is 6.54 Å². The maximum absolute atomic E-state index is 13.6.